The number of carbonyl (C=O) groups is 2. The van der Waals surface area contributed by atoms with Crippen LogP contribution in [0.4, 0.5) is 5.13 Å². The van der Waals surface area contributed by atoms with Gasteiger partial charge in [0.25, 0.3) is 5.78 Å². The number of aromatic nitrogens is 1. The van der Waals surface area contributed by atoms with Crippen molar-refractivity contribution < 1.29 is 19.4 Å². The maximum absolute atomic E-state index is 12.9. The molecule has 1 N–H and O–H groups in total. The SMILES string of the molecule is COc1ccc(C2/C(=C(\O)c3ccc(Cl)cc3)C(=O)C(=O)N2c2nccs2)cc1. The Morgan fingerprint density at radius 3 is 2.41 bits per heavy atom. The molecule has 3 aromatic rings. The molecule has 0 aliphatic carbocycles. The summed E-state index contributed by atoms with van der Waals surface area (Å²) in [6, 6.07) is 12.6. The molecule has 1 saturated heterocycles. The molecule has 1 fully saturated rings. The molecule has 1 aliphatic heterocycles. The fourth-order valence-electron chi connectivity index (χ4n) is 3.23. The smallest absolute Gasteiger partial charge is 0.301 e. The summed E-state index contributed by atoms with van der Waals surface area (Å²) in [5, 5.41) is 13.5. The van der Waals surface area contributed by atoms with Crippen molar-refractivity contribution in [3.8, 4) is 5.75 Å². The average Bonchev–Trinajstić information content (AvgIpc) is 3.35. The van der Waals surface area contributed by atoms with Crippen LogP contribution < -0.4 is 9.64 Å². The first-order chi connectivity index (χ1) is 14.0. The Morgan fingerprint density at radius 2 is 1.83 bits per heavy atom. The van der Waals surface area contributed by atoms with Crippen LogP contribution in [0.3, 0.4) is 0 Å². The Morgan fingerprint density at radius 1 is 1.14 bits per heavy atom. The third kappa shape index (κ3) is 3.39. The number of methoxy groups -OCH3 is 1. The number of hydrogen-bond donors (Lipinski definition) is 1. The zero-order valence-corrected chi connectivity index (χ0v) is 16.8. The molecule has 29 heavy (non-hydrogen) atoms. The first kappa shape index (κ1) is 19.2. The number of ether oxygens (including phenoxy) is 1. The number of halogens is 1. The average molecular weight is 427 g/mol. The van der Waals surface area contributed by atoms with Crippen molar-refractivity contribution in [2.45, 2.75) is 6.04 Å². The number of thiazole rings is 1. The molecule has 0 saturated carbocycles. The summed E-state index contributed by atoms with van der Waals surface area (Å²) in [4.78, 5) is 31.3. The van der Waals surface area contributed by atoms with E-state index >= 15 is 0 Å². The van der Waals surface area contributed by atoms with Gasteiger partial charge in [-0.05, 0) is 42.0 Å². The molecule has 1 aliphatic rings. The second-order valence-electron chi connectivity index (χ2n) is 6.26. The van der Waals surface area contributed by atoms with E-state index in [1.807, 2.05) is 0 Å². The van der Waals surface area contributed by atoms with Crippen molar-refractivity contribution in [3.05, 3.63) is 81.8 Å². The lowest BCUT2D eigenvalue weighted by Crippen LogP contribution is -2.29. The Hall–Kier alpha value is -3.16. The number of benzene rings is 2. The summed E-state index contributed by atoms with van der Waals surface area (Å²) in [6.45, 7) is 0. The third-order valence-corrected chi connectivity index (χ3v) is 5.64. The van der Waals surface area contributed by atoms with E-state index in [4.69, 9.17) is 16.3 Å². The lowest BCUT2D eigenvalue weighted by molar-refractivity contribution is -0.132. The number of rotatable bonds is 4. The van der Waals surface area contributed by atoms with Crippen molar-refractivity contribution in [3.63, 3.8) is 0 Å². The van der Waals surface area contributed by atoms with Gasteiger partial charge < -0.3 is 9.84 Å². The highest BCUT2D eigenvalue weighted by molar-refractivity contribution is 7.14. The van der Waals surface area contributed by atoms with Gasteiger partial charge in [-0.1, -0.05) is 23.7 Å². The number of hydrogen-bond acceptors (Lipinski definition) is 6. The van der Waals surface area contributed by atoms with E-state index in [0.717, 1.165) is 0 Å². The van der Waals surface area contributed by atoms with Crippen molar-refractivity contribution in [1.29, 1.82) is 0 Å². The van der Waals surface area contributed by atoms with E-state index in [9.17, 15) is 14.7 Å². The summed E-state index contributed by atoms with van der Waals surface area (Å²) in [7, 11) is 1.55. The van der Waals surface area contributed by atoms with Gasteiger partial charge in [-0.2, -0.15) is 0 Å². The van der Waals surface area contributed by atoms with Crippen LogP contribution in [0.25, 0.3) is 5.76 Å². The molecule has 146 valence electrons. The van der Waals surface area contributed by atoms with Crippen LogP contribution >= 0.6 is 22.9 Å². The van der Waals surface area contributed by atoms with Crippen LogP contribution in [0.1, 0.15) is 17.2 Å². The maximum Gasteiger partial charge on any atom is 0.301 e. The summed E-state index contributed by atoms with van der Waals surface area (Å²) < 4.78 is 5.20. The maximum atomic E-state index is 12.9. The van der Waals surface area contributed by atoms with Crippen molar-refractivity contribution in [2.75, 3.05) is 12.0 Å². The fraction of sp³-hybridized carbons (Fsp3) is 0.0952. The number of amides is 1. The number of anilines is 1. The minimum absolute atomic E-state index is 0.00214. The number of aliphatic hydroxyl groups is 1. The van der Waals surface area contributed by atoms with E-state index in [1.165, 1.54) is 16.2 Å². The summed E-state index contributed by atoms with van der Waals surface area (Å²) >= 11 is 7.16. The summed E-state index contributed by atoms with van der Waals surface area (Å²) in [5.74, 6) is -1.14. The highest BCUT2D eigenvalue weighted by atomic mass is 35.5. The fourth-order valence-corrected chi connectivity index (χ4v) is 4.02. The minimum Gasteiger partial charge on any atom is -0.507 e. The molecule has 1 atom stereocenters. The number of carbonyl (C=O) groups excluding carboxylic acids is 2. The molecule has 4 rings (SSSR count). The lowest BCUT2D eigenvalue weighted by atomic mass is 9.95. The normalized spacial score (nSPS) is 18.3. The summed E-state index contributed by atoms with van der Waals surface area (Å²) in [6.07, 6.45) is 1.56. The predicted molar refractivity (Wildman–Crippen MR) is 111 cm³/mol. The van der Waals surface area contributed by atoms with E-state index < -0.39 is 17.7 Å². The van der Waals surface area contributed by atoms with Gasteiger partial charge in [0, 0.05) is 22.2 Å². The zero-order chi connectivity index (χ0) is 20.5. The van der Waals surface area contributed by atoms with Gasteiger partial charge in [0.05, 0.1) is 18.7 Å². The highest BCUT2D eigenvalue weighted by Gasteiger charge is 2.47. The quantitative estimate of drug-likeness (QED) is 0.379. The van der Waals surface area contributed by atoms with Crippen LogP contribution in [-0.4, -0.2) is 28.9 Å². The van der Waals surface area contributed by atoms with Crippen LogP contribution in [-0.2, 0) is 9.59 Å². The second-order valence-corrected chi connectivity index (χ2v) is 7.57. The van der Waals surface area contributed by atoms with Gasteiger partial charge in [0.15, 0.2) is 5.13 Å². The zero-order valence-electron chi connectivity index (χ0n) is 15.2. The molecular formula is C21H15ClN2O4S. The topological polar surface area (TPSA) is 79.7 Å². The van der Waals surface area contributed by atoms with Gasteiger partial charge in [-0.3, -0.25) is 14.5 Å². The van der Waals surface area contributed by atoms with Crippen LogP contribution in [0.15, 0.2) is 65.7 Å². The van der Waals surface area contributed by atoms with Gasteiger partial charge in [0.2, 0.25) is 0 Å². The predicted octanol–water partition coefficient (Wildman–Crippen LogP) is 4.43. The van der Waals surface area contributed by atoms with Gasteiger partial charge >= 0.3 is 5.91 Å². The second kappa shape index (κ2) is 7.69. The number of nitrogens with zero attached hydrogens (tertiary/aromatic N) is 2. The standard InChI is InChI=1S/C21H15ClN2O4S/c1-28-15-8-4-12(5-9-15)17-16(18(25)13-2-6-14(22)7-3-13)19(26)20(27)24(17)21-23-10-11-29-21/h2-11,17,25H,1H3/b18-16+. The van der Waals surface area contributed by atoms with Gasteiger partial charge in [0.1, 0.15) is 11.5 Å². The number of aliphatic hydroxyl groups excluding tert-OH is 1. The van der Waals surface area contributed by atoms with Crippen LogP contribution in [0, 0.1) is 0 Å². The first-order valence-electron chi connectivity index (χ1n) is 8.61. The first-order valence-corrected chi connectivity index (χ1v) is 9.87. The molecule has 8 heteroatoms. The lowest BCUT2D eigenvalue weighted by Gasteiger charge is -2.23. The van der Waals surface area contributed by atoms with Gasteiger partial charge in [-0.15, -0.1) is 11.3 Å². The van der Waals surface area contributed by atoms with E-state index in [2.05, 4.69) is 4.98 Å². The molecule has 1 unspecified atom stereocenters. The summed E-state index contributed by atoms with van der Waals surface area (Å²) in [5.41, 5.74) is 1.04. The Labute approximate surface area is 175 Å². The number of ketones is 1. The van der Waals surface area contributed by atoms with Gasteiger partial charge in [-0.25, -0.2) is 4.98 Å². The largest absolute Gasteiger partial charge is 0.507 e. The van der Waals surface area contributed by atoms with Crippen molar-refractivity contribution in [1.82, 2.24) is 4.98 Å². The molecule has 0 spiro atoms. The molecule has 0 radical (unpaired) electrons. The highest BCUT2D eigenvalue weighted by Crippen LogP contribution is 2.43. The molecule has 1 aromatic heterocycles. The monoisotopic (exact) mass is 426 g/mol. The van der Waals surface area contributed by atoms with Crippen molar-refractivity contribution in [2.24, 2.45) is 0 Å². The van der Waals surface area contributed by atoms with E-state index in [1.54, 1.807) is 67.2 Å². The molecular weight excluding hydrogens is 412 g/mol. The molecule has 6 nitrogen and oxygen atoms in total. The van der Waals surface area contributed by atoms with Crippen molar-refractivity contribution >= 4 is 45.5 Å². The third-order valence-electron chi connectivity index (χ3n) is 4.62. The Bertz CT molecular complexity index is 1090. The Kier molecular flexibility index (Phi) is 5.08. The van der Waals surface area contributed by atoms with Crippen LogP contribution in [0.5, 0.6) is 5.75 Å². The molecule has 2 heterocycles. The molecule has 0 bridgehead atoms. The number of Topliss-reactive ketones (excluding diaryl/α,β-unsaturated/α-hetero) is 1. The minimum atomic E-state index is -0.817. The van der Waals surface area contributed by atoms with E-state index in [-0.39, 0.29) is 11.3 Å². The molecule has 2 aromatic carbocycles. The Balaban J connectivity index is 1.91. The van der Waals surface area contributed by atoms with Crippen LogP contribution in [0.2, 0.25) is 5.02 Å². The molecule has 1 amide bonds. The van der Waals surface area contributed by atoms with E-state index in [0.29, 0.717) is 27.0 Å².